The SMILES string of the molecule is COC(=O)c1ccc(NC(=O)COC(=O)c2csc(NCCC(C)C)n2)cc1. The third kappa shape index (κ3) is 6.66. The average Bonchev–Trinajstić information content (AvgIpc) is 3.15. The van der Waals surface area contributed by atoms with Crippen LogP contribution in [0.2, 0.25) is 0 Å². The summed E-state index contributed by atoms with van der Waals surface area (Å²) < 4.78 is 9.59. The van der Waals surface area contributed by atoms with Crippen molar-refractivity contribution in [3.8, 4) is 0 Å². The zero-order valence-corrected chi connectivity index (χ0v) is 16.8. The van der Waals surface area contributed by atoms with Crippen LogP contribution in [0.4, 0.5) is 10.8 Å². The minimum Gasteiger partial charge on any atom is -0.465 e. The standard InChI is InChI=1S/C19H23N3O5S/c1-12(2)8-9-20-19-22-15(11-28-19)18(25)27-10-16(23)21-14-6-4-13(5-7-14)17(24)26-3/h4-7,11-12H,8-10H2,1-3H3,(H,20,22)(H,21,23). The molecule has 0 aliphatic rings. The Labute approximate surface area is 167 Å². The Bertz CT molecular complexity index is 817. The minimum absolute atomic E-state index is 0.160. The van der Waals surface area contributed by atoms with Gasteiger partial charge in [0.15, 0.2) is 17.4 Å². The number of anilines is 2. The van der Waals surface area contributed by atoms with Crippen LogP contribution in [0.1, 0.15) is 41.1 Å². The zero-order chi connectivity index (χ0) is 20.5. The number of nitrogens with one attached hydrogen (secondary N) is 2. The largest absolute Gasteiger partial charge is 0.465 e. The number of methoxy groups -OCH3 is 1. The summed E-state index contributed by atoms with van der Waals surface area (Å²) >= 11 is 1.31. The van der Waals surface area contributed by atoms with Gasteiger partial charge in [-0.05, 0) is 36.6 Å². The van der Waals surface area contributed by atoms with E-state index in [-0.39, 0.29) is 5.69 Å². The van der Waals surface area contributed by atoms with E-state index in [0.29, 0.717) is 22.3 Å². The molecular weight excluding hydrogens is 382 g/mol. The third-order valence-electron chi connectivity index (χ3n) is 3.64. The zero-order valence-electron chi connectivity index (χ0n) is 16.0. The van der Waals surface area contributed by atoms with Crippen LogP contribution in [0.5, 0.6) is 0 Å². The van der Waals surface area contributed by atoms with Crippen molar-refractivity contribution in [3.05, 3.63) is 40.9 Å². The summed E-state index contributed by atoms with van der Waals surface area (Å²) in [6.45, 7) is 4.60. The number of esters is 2. The molecular formula is C19H23N3O5S. The van der Waals surface area contributed by atoms with Gasteiger partial charge in [-0.25, -0.2) is 14.6 Å². The normalized spacial score (nSPS) is 10.4. The van der Waals surface area contributed by atoms with Crippen molar-refractivity contribution >= 4 is 40.0 Å². The molecule has 1 aromatic heterocycles. The third-order valence-corrected chi connectivity index (χ3v) is 4.44. The Balaban J connectivity index is 1.78. The van der Waals surface area contributed by atoms with Crippen LogP contribution in [0, 0.1) is 5.92 Å². The summed E-state index contributed by atoms with van der Waals surface area (Å²) in [6, 6.07) is 6.16. The molecule has 0 aliphatic carbocycles. The van der Waals surface area contributed by atoms with E-state index in [1.165, 1.54) is 30.6 Å². The summed E-state index contributed by atoms with van der Waals surface area (Å²) in [4.78, 5) is 39.5. The Hall–Kier alpha value is -2.94. The minimum atomic E-state index is -0.663. The predicted molar refractivity (Wildman–Crippen MR) is 107 cm³/mol. The molecule has 0 aliphatic heterocycles. The summed E-state index contributed by atoms with van der Waals surface area (Å²) in [5.41, 5.74) is 1.000. The Morgan fingerprint density at radius 3 is 2.50 bits per heavy atom. The Morgan fingerprint density at radius 2 is 1.86 bits per heavy atom. The molecule has 0 bridgehead atoms. The number of benzene rings is 1. The van der Waals surface area contributed by atoms with Gasteiger partial charge in [-0.2, -0.15) is 0 Å². The molecule has 9 heteroatoms. The topological polar surface area (TPSA) is 107 Å². The van der Waals surface area contributed by atoms with Gasteiger partial charge < -0.3 is 20.1 Å². The maximum atomic E-state index is 12.0. The molecule has 1 aromatic carbocycles. The van der Waals surface area contributed by atoms with Gasteiger partial charge in [0.1, 0.15) is 0 Å². The highest BCUT2D eigenvalue weighted by Gasteiger charge is 2.14. The monoisotopic (exact) mass is 405 g/mol. The number of amides is 1. The van der Waals surface area contributed by atoms with Crippen LogP contribution < -0.4 is 10.6 Å². The van der Waals surface area contributed by atoms with E-state index < -0.39 is 24.5 Å². The predicted octanol–water partition coefficient (Wildman–Crippen LogP) is 3.18. The molecule has 0 spiro atoms. The maximum Gasteiger partial charge on any atom is 0.358 e. The second kappa shape index (κ2) is 10.4. The highest BCUT2D eigenvalue weighted by atomic mass is 32.1. The van der Waals surface area contributed by atoms with Crippen LogP contribution in [-0.4, -0.2) is 43.1 Å². The van der Waals surface area contributed by atoms with Gasteiger partial charge in [0.25, 0.3) is 5.91 Å². The molecule has 28 heavy (non-hydrogen) atoms. The number of ether oxygens (including phenoxy) is 2. The number of carbonyl (C=O) groups excluding carboxylic acids is 3. The van der Waals surface area contributed by atoms with Gasteiger partial charge >= 0.3 is 11.9 Å². The highest BCUT2D eigenvalue weighted by Crippen LogP contribution is 2.16. The van der Waals surface area contributed by atoms with E-state index in [2.05, 4.69) is 34.2 Å². The van der Waals surface area contributed by atoms with E-state index in [1.807, 2.05) is 0 Å². The number of aromatic nitrogens is 1. The van der Waals surface area contributed by atoms with Crippen molar-refractivity contribution in [3.63, 3.8) is 0 Å². The number of carbonyl (C=O) groups is 3. The molecule has 150 valence electrons. The lowest BCUT2D eigenvalue weighted by Crippen LogP contribution is -2.21. The summed E-state index contributed by atoms with van der Waals surface area (Å²) in [5, 5.41) is 7.96. The first-order valence-corrected chi connectivity index (χ1v) is 9.61. The van der Waals surface area contributed by atoms with Crippen LogP contribution in [-0.2, 0) is 14.3 Å². The van der Waals surface area contributed by atoms with Gasteiger partial charge in [-0.15, -0.1) is 11.3 Å². The molecule has 2 aromatic rings. The van der Waals surface area contributed by atoms with Crippen LogP contribution in [0.3, 0.4) is 0 Å². The van der Waals surface area contributed by atoms with E-state index in [0.717, 1.165) is 13.0 Å². The number of rotatable bonds is 9. The van der Waals surface area contributed by atoms with E-state index in [1.54, 1.807) is 17.5 Å². The molecule has 0 atom stereocenters. The second-order valence-corrected chi connectivity index (χ2v) is 7.20. The molecule has 0 radical (unpaired) electrons. The van der Waals surface area contributed by atoms with Gasteiger partial charge in [0, 0.05) is 17.6 Å². The molecule has 0 unspecified atom stereocenters. The van der Waals surface area contributed by atoms with Crippen molar-refractivity contribution in [2.24, 2.45) is 5.92 Å². The summed E-state index contributed by atoms with van der Waals surface area (Å²) in [6.07, 6.45) is 1.00. The number of hydrogen-bond donors (Lipinski definition) is 2. The molecule has 0 saturated carbocycles. The van der Waals surface area contributed by atoms with E-state index in [4.69, 9.17) is 4.74 Å². The van der Waals surface area contributed by atoms with Crippen molar-refractivity contribution < 1.29 is 23.9 Å². The first-order chi connectivity index (χ1) is 13.4. The number of hydrogen-bond acceptors (Lipinski definition) is 8. The molecule has 1 heterocycles. The van der Waals surface area contributed by atoms with Crippen molar-refractivity contribution in [1.82, 2.24) is 4.98 Å². The lowest BCUT2D eigenvalue weighted by Gasteiger charge is -2.06. The van der Waals surface area contributed by atoms with Crippen molar-refractivity contribution in [1.29, 1.82) is 0 Å². The highest BCUT2D eigenvalue weighted by molar-refractivity contribution is 7.13. The molecule has 1 amide bonds. The van der Waals surface area contributed by atoms with Crippen LogP contribution in [0.15, 0.2) is 29.6 Å². The maximum absolute atomic E-state index is 12.0. The van der Waals surface area contributed by atoms with Gasteiger partial charge in [-0.1, -0.05) is 13.8 Å². The van der Waals surface area contributed by atoms with Gasteiger partial charge in [0.05, 0.1) is 12.7 Å². The van der Waals surface area contributed by atoms with E-state index >= 15 is 0 Å². The quantitative estimate of drug-likeness (QED) is 0.617. The van der Waals surface area contributed by atoms with Crippen LogP contribution >= 0.6 is 11.3 Å². The Kier molecular flexibility index (Phi) is 7.94. The summed E-state index contributed by atoms with van der Waals surface area (Å²) in [7, 11) is 1.29. The average molecular weight is 405 g/mol. The fourth-order valence-electron chi connectivity index (χ4n) is 2.13. The van der Waals surface area contributed by atoms with Gasteiger partial charge in [0.2, 0.25) is 0 Å². The molecule has 0 fully saturated rings. The smallest absolute Gasteiger partial charge is 0.358 e. The first-order valence-electron chi connectivity index (χ1n) is 8.73. The Morgan fingerprint density at radius 1 is 1.14 bits per heavy atom. The molecule has 2 N–H and O–H groups in total. The lowest BCUT2D eigenvalue weighted by molar-refractivity contribution is -0.119. The molecule has 8 nitrogen and oxygen atoms in total. The van der Waals surface area contributed by atoms with Crippen molar-refractivity contribution in [2.75, 3.05) is 30.9 Å². The lowest BCUT2D eigenvalue weighted by atomic mass is 10.1. The summed E-state index contributed by atoms with van der Waals surface area (Å²) in [5.74, 6) is -1.05. The van der Waals surface area contributed by atoms with E-state index in [9.17, 15) is 14.4 Å². The molecule has 0 saturated heterocycles. The van der Waals surface area contributed by atoms with Gasteiger partial charge in [-0.3, -0.25) is 4.79 Å². The first kappa shape index (κ1) is 21.4. The van der Waals surface area contributed by atoms with Crippen molar-refractivity contribution in [2.45, 2.75) is 20.3 Å². The second-order valence-electron chi connectivity index (χ2n) is 6.34. The number of thiazole rings is 1. The fraction of sp³-hybridized carbons (Fsp3) is 0.368. The van der Waals surface area contributed by atoms with Crippen LogP contribution in [0.25, 0.3) is 0 Å². The fourth-order valence-corrected chi connectivity index (χ4v) is 2.83. The molecule has 2 rings (SSSR count). The number of nitrogens with zero attached hydrogens (tertiary/aromatic N) is 1.